The lowest BCUT2D eigenvalue weighted by molar-refractivity contribution is -0.384. The van der Waals surface area contributed by atoms with Crippen LogP contribution in [0.1, 0.15) is 24.8 Å². The van der Waals surface area contributed by atoms with Crippen LogP contribution in [-0.4, -0.2) is 26.9 Å². The fourth-order valence-corrected chi connectivity index (χ4v) is 3.49. The van der Waals surface area contributed by atoms with E-state index in [0.717, 1.165) is 25.3 Å². The first kappa shape index (κ1) is 15.7. The maximum atomic E-state index is 12.3. The quantitative estimate of drug-likeness (QED) is 0.592. The molecule has 0 atom stereocenters. The molecule has 1 aliphatic carbocycles. The van der Waals surface area contributed by atoms with E-state index in [1.54, 1.807) is 14.0 Å². The van der Waals surface area contributed by atoms with Crippen LogP contribution in [0.15, 0.2) is 17.0 Å². The molecule has 2 rings (SSSR count). The van der Waals surface area contributed by atoms with E-state index < -0.39 is 14.9 Å². The van der Waals surface area contributed by atoms with Crippen LogP contribution in [0.2, 0.25) is 0 Å². The second-order valence-corrected chi connectivity index (χ2v) is 7.01. The summed E-state index contributed by atoms with van der Waals surface area (Å²) in [5, 5.41) is 13.7. The molecule has 21 heavy (non-hydrogen) atoms. The minimum Gasteiger partial charge on any atom is -0.383 e. The van der Waals surface area contributed by atoms with Gasteiger partial charge < -0.3 is 5.32 Å². The van der Waals surface area contributed by atoms with Crippen LogP contribution in [0.5, 0.6) is 0 Å². The van der Waals surface area contributed by atoms with Gasteiger partial charge in [0.2, 0.25) is 10.0 Å². The van der Waals surface area contributed by atoms with Crippen LogP contribution in [-0.2, 0) is 10.0 Å². The number of hydrogen-bond donors (Lipinski definition) is 2. The molecule has 7 nitrogen and oxygen atoms in total. The third-order valence-corrected chi connectivity index (χ3v) is 5.19. The van der Waals surface area contributed by atoms with E-state index in [-0.39, 0.29) is 10.6 Å². The Hall–Kier alpha value is -1.67. The van der Waals surface area contributed by atoms with Crippen molar-refractivity contribution in [3.05, 3.63) is 27.8 Å². The van der Waals surface area contributed by atoms with Gasteiger partial charge in [-0.15, -0.1) is 0 Å². The standard InChI is InChI=1S/C13H19N3O4S/c1-9-7-11(14-2)12(16(17)18)8-13(9)21(19,20)15-6-5-10-3-4-10/h7-8,10,14-15H,3-6H2,1-2H3. The molecule has 1 aromatic carbocycles. The summed E-state index contributed by atoms with van der Waals surface area (Å²) in [4.78, 5) is 10.4. The van der Waals surface area contributed by atoms with Crippen LogP contribution < -0.4 is 10.0 Å². The molecule has 116 valence electrons. The van der Waals surface area contributed by atoms with Gasteiger partial charge in [-0.25, -0.2) is 13.1 Å². The van der Waals surface area contributed by atoms with Crippen LogP contribution >= 0.6 is 0 Å². The molecule has 0 aromatic heterocycles. The zero-order valence-electron chi connectivity index (χ0n) is 12.0. The Bertz CT molecular complexity index is 654. The second-order valence-electron chi connectivity index (χ2n) is 5.27. The number of hydrogen-bond acceptors (Lipinski definition) is 5. The number of nitro benzene ring substituents is 1. The number of benzene rings is 1. The number of aryl methyl sites for hydroxylation is 1. The Labute approximate surface area is 123 Å². The van der Waals surface area contributed by atoms with Crippen molar-refractivity contribution in [2.75, 3.05) is 18.9 Å². The number of rotatable bonds is 7. The summed E-state index contributed by atoms with van der Waals surface area (Å²) < 4.78 is 27.1. The average molecular weight is 313 g/mol. The Balaban J connectivity index is 2.27. The SMILES string of the molecule is CNc1cc(C)c(S(=O)(=O)NCCC2CC2)cc1[N+](=O)[O-]. The molecule has 0 spiro atoms. The van der Waals surface area contributed by atoms with Crippen molar-refractivity contribution >= 4 is 21.4 Å². The molecule has 1 saturated carbocycles. The van der Waals surface area contributed by atoms with Crippen molar-refractivity contribution in [1.29, 1.82) is 0 Å². The van der Waals surface area contributed by atoms with Crippen molar-refractivity contribution in [3.63, 3.8) is 0 Å². The van der Waals surface area contributed by atoms with E-state index in [9.17, 15) is 18.5 Å². The van der Waals surface area contributed by atoms with E-state index in [1.807, 2.05) is 0 Å². The molecule has 0 bridgehead atoms. The van der Waals surface area contributed by atoms with E-state index in [1.165, 1.54) is 6.07 Å². The lowest BCUT2D eigenvalue weighted by atomic mass is 10.2. The maximum Gasteiger partial charge on any atom is 0.293 e. The van der Waals surface area contributed by atoms with Crippen LogP contribution in [0.4, 0.5) is 11.4 Å². The molecule has 2 N–H and O–H groups in total. The zero-order chi connectivity index (χ0) is 15.6. The van der Waals surface area contributed by atoms with Gasteiger partial charge in [-0.1, -0.05) is 12.8 Å². The third kappa shape index (κ3) is 3.70. The zero-order valence-corrected chi connectivity index (χ0v) is 12.9. The molecule has 1 aliphatic rings. The van der Waals surface area contributed by atoms with Crippen molar-refractivity contribution in [3.8, 4) is 0 Å². The molecule has 0 saturated heterocycles. The lowest BCUT2D eigenvalue weighted by Crippen LogP contribution is -2.26. The molecule has 1 fully saturated rings. The number of sulfonamides is 1. The van der Waals surface area contributed by atoms with E-state index >= 15 is 0 Å². The van der Waals surface area contributed by atoms with Crippen molar-refractivity contribution in [2.45, 2.75) is 31.1 Å². The van der Waals surface area contributed by atoms with Crippen LogP contribution in [0.3, 0.4) is 0 Å². The molecule has 1 aromatic rings. The Kier molecular flexibility index (Phi) is 4.48. The Morgan fingerprint density at radius 2 is 2.05 bits per heavy atom. The van der Waals surface area contributed by atoms with Gasteiger partial charge in [-0.05, 0) is 30.9 Å². The van der Waals surface area contributed by atoms with Gasteiger partial charge >= 0.3 is 0 Å². The number of anilines is 1. The van der Waals surface area contributed by atoms with Gasteiger partial charge in [-0.2, -0.15) is 0 Å². The summed E-state index contributed by atoms with van der Waals surface area (Å²) in [6, 6.07) is 2.59. The number of nitrogens with zero attached hydrogens (tertiary/aromatic N) is 1. The molecule has 0 radical (unpaired) electrons. The molecule has 0 heterocycles. The lowest BCUT2D eigenvalue weighted by Gasteiger charge is -2.11. The fourth-order valence-electron chi connectivity index (χ4n) is 2.20. The van der Waals surface area contributed by atoms with Crippen LogP contribution in [0, 0.1) is 23.0 Å². The highest BCUT2D eigenvalue weighted by Gasteiger charge is 2.25. The largest absolute Gasteiger partial charge is 0.383 e. The summed E-state index contributed by atoms with van der Waals surface area (Å²) in [6.07, 6.45) is 3.13. The Morgan fingerprint density at radius 3 is 2.57 bits per heavy atom. The normalized spacial score (nSPS) is 15.0. The minimum absolute atomic E-state index is 0.0380. The van der Waals surface area contributed by atoms with E-state index in [4.69, 9.17) is 0 Å². The van der Waals surface area contributed by atoms with Crippen molar-refractivity contribution in [1.82, 2.24) is 4.72 Å². The monoisotopic (exact) mass is 313 g/mol. The maximum absolute atomic E-state index is 12.3. The second kappa shape index (κ2) is 5.98. The van der Waals surface area contributed by atoms with Gasteiger partial charge in [0, 0.05) is 19.7 Å². The van der Waals surface area contributed by atoms with Gasteiger partial charge in [0.15, 0.2) is 0 Å². The summed E-state index contributed by atoms with van der Waals surface area (Å²) in [5.41, 5.74) is 0.531. The summed E-state index contributed by atoms with van der Waals surface area (Å²) >= 11 is 0. The van der Waals surface area contributed by atoms with Gasteiger partial charge in [0.05, 0.1) is 9.82 Å². The summed E-state index contributed by atoms with van der Waals surface area (Å²) in [5.74, 6) is 0.620. The predicted octanol–water partition coefficient (Wildman–Crippen LogP) is 2.02. The predicted molar refractivity (Wildman–Crippen MR) is 79.9 cm³/mol. The molecule has 8 heteroatoms. The molecule has 0 amide bonds. The first-order valence-electron chi connectivity index (χ1n) is 6.81. The molecular formula is C13H19N3O4S. The smallest absolute Gasteiger partial charge is 0.293 e. The highest BCUT2D eigenvalue weighted by molar-refractivity contribution is 7.89. The molecular weight excluding hydrogens is 294 g/mol. The summed E-state index contributed by atoms with van der Waals surface area (Å²) in [6.45, 7) is 1.99. The topological polar surface area (TPSA) is 101 Å². The van der Waals surface area contributed by atoms with Crippen molar-refractivity contribution in [2.24, 2.45) is 5.92 Å². The van der Waals surface area contributed by atoms with E-state index in [0.29, 0.717) is 23.7 Å². The average Bonchev–Trinajstić information content (AvgIpc) is 3.21. The summed E-state index contributed by atoms with van der Waals surface area (Å²) in [7, 11) is -2.16. The first-order valence-corrected chi connectivity index (χ1v) is 8.30. The van der Waals surface area contributed by atoms with Crippen LogP contribution in [0.25, 0.3) is 0 Å². The third-order valence-electron chi connectivity index (χ3n) is 3.59. The van der Waals surface area contributed by atoms with Crippen molar-refractivity contribution < 1.29 is 13.3 Å². The molecule has 0 unspecified atom stereocenters. The Morgan fingerprint density at radius 1 is 1.38 bits per heavy atom. The first-order chi connectivity index (χ1) is 9.85. The highest BCUT2D eigenvalue weighted by Crippen LogP contribution is 2.32. The van der Waals surface area contributed by atoms with Gasteiger partial charge in [0.25, 0.3) is 5.69 Å². The van der Waals surface area contributed by atoms with Gasteiger partial charge in [-0.3, -0.25) is 10.1 Å². The molecule has 0 aliphatic heterocycles. The fraction of sp³-hybridized carbons (Fsp3) is 0.538. The van der Waals surface area contributed by atoms with E-state index in [2.05, 4.69) is 10.0 Å². The van der Waals surface area contributed by atoms with Gasteiger partial charge in [0.1, 0.15) is 5.69 Å². The number of nitro groups is 1. The minimum atomic E-state index is -3.72. The highest BCUT2D eigenvalue weighted by atomic mass is 32.2. The number of nitrogens with one attached hydrogen (secondary N) is 2.